The Morgan fingerprint density at radius 3 is 2.86 bits per heavy atom. The molecule has 5 nitrogen and oxygen atoms in total. The number of methoxy groups -OCH3 is 1. The van der Waals surface area contributed by atoms with Crippen molar-refractivity contribution in [3.05, 3.63) is 11.9 Å². The van der Waals surface area contributed by atoms with Crippen molar-refractivity contribution in [2.75, 3.05) is 13.7 Å². The van der Waals surface area contributed by atoms with Crippen LogP contribution in [0.4, 0.5) is 0 Å². The molecule has 0 radical (unpaired) electrons. The second-order valence-electron chi connectivity index (χ2n) is 3.71. The average Bonchev–Trinajstić information content (AvgIpc) is 2.51. The van der Waals surface area contributed by atoms with Gasteiger partial charge in [0.25, 0.3) is 0 Å². The summed E-state index contributed by atoms with van der Waals surface area (Å²) in [6.45, 7) is 5.21. The summed E-state index contributed by atoms with van der Waals surface area (Å²) in [5.74, 6) is 0.477. The molecule has 0 fully saturated rings. The molecule has 14 heavy (non-hydrogen) atoms. The normalized spacial score (nSPS) is 13.5. The van der Waals surface area contributed by atoms with Crippen molar-refractivity contribution in [3.63, 3.8) is 0 Å². The molecule has 0 spiro atoms. The zero-order valence-corrected chi connectivity index (χ0v) is 8.84. The van der Waals surface area contributed by atoms with Crippen LogP contribution in [0.25, 0.3) is 0 Å². The minimum Gasteiger partial charge on any atom is -0.384 e. The van der Waals surface area contributed by atoms with Crippen LogP contribution in [0.1, 0.15) is 25.6 Å². The molecule has 1 atom stereocenters. The van der Waals surface area contributed by atoms with Crippen LogP contribution in [0, 0.1) is 5.92 Å². The van der Waals surface area contributed by atoms with Crippen LogP contribution >= 0.6 is 0 Å². The van der Waals surface area contributed by atoms with Crippen molar-refractivity contribution in [1.29, 1.82) is 0 Å². The highest BCUT2D eigenvalue weighted by Gasteiger charge is 2.14. The summed E-state index contributed by atoms with van der Waals surface area (Å²) < 4.78 is 6.59. The predicted octanol–water partition coefficient (Wildman–Crippen LogP) is 0.614. The monoisotopic (exact) mass is 199 g/mol. The van der Waals surface area contributed by atoms with Gasteiger partial charge in [-0.1, -0.05) is 19.1 Å². The Morgan fingerprint density at radius 2 is 2.29 bits per heavy atom. The van der Waals surface area contributed by atoms with E-state index < -0.39 is 6.10 Å². The van der Waals surface area contributed by atoms with E-state index in [-0.39, 0.29) is 6.61 Å². The standard InChI is InChI=1S/C9H17N3O2/c1-7(2)5-12-8(4-10-11-12)9(13)6-14-3/h4,7,9,13H,5-6H2,1-3H3/t9-/m1/s1. The van der Waals surface area contributed by atoms with Gasteiger partial charge < -0.3 is 9.84 Å². The number of aliphatic hydroxyl groups is 1. The predicted molar refractivity (Wildman–Crippen MR) is 51.7 cm³/mol. The third kappa shape index (κ3) is 2.78. The quantitative estimate of drug-likeness (QED) is 0.755. The molecule has 0 amide bonds. The Morgan fingerprint density at radius 1 is 1.57 bits per heavy atom. The number of rotatable bonds is 5. The number of ether oxygens (including phenoxy) is 1. The molecule has 0 aliphatic carbocycles. The van der Waals surface area contributed by atoms with Crippen molar-refractivity contribution in [2.45, 2.75) is 26.5 Å². The Balaban J connectivity index is 2.70. The van der Waals surface area contributed by atoms with Gasteiger partial charge in [-0.15, -0.1) is 5.10 Å². The average molecular weight is 199 g/mol. The van der Waals surface area contributed by atoms with Crippen LogP contribution in [-0.2, 0) is 11.3 Å². The van der Waals surface area contributed by atoms with E-state index >= 15 is 0 Å². The Bertz CT molecular complexity index is 273. The van der Waals surface area contributed by atoms with E-state index in [1.807, 2.05) is 0 Å². The smallest absolute Gasteiger partial charge is 0.120 e. The summed E-state index contributed by atoms with van der Waals surface area (Å²) in [6.07, 6.45) is 0.931. The summed E-state index contributed by atoms with van der Waals surface area (Å²) in [5, 5.41) is 17.4. The van der Waals surface area contributed by atoms with Gasteiger partial charge >= 0.3 is 0 Å². The highest BCUT2D eigenvalue weighted by Crippen LogP contribution is 2.12. The fourth-order valence-corrected chi connectivity index (χ4v) is 1.25. The number of hydrogen-bond donors (Lipinski definition) is 1. The van der Waals surface area contributed by atoms with Gasteiger partial charge in [0.2, 0.25) is 0 Å². The Hall–Kier alpha value is -0.940. The van der Waals surface area contributed by atoms with E-state index in [1.165, 1.54) is 0 Å². The van der Waals surface area contributed by atoms with E-state index in [0.29, 0.717) is 11.6 Å². The van der Waals surface area contributed by atoms with Crippen LogP contribution in [0.15, 0.2) is 6.20 Å². The minimum absolute atomic E-state index is 0.269. The molecule has 0 aliphatic rings. The summed E-state index contributed by atoms with van der Waals surface area (Å²) in [6, 6.07) is 0. The first kappa shape index (κ1) is 11.1. The van der Waals surface area contributed by atoms with E-state index in [0.717, 1.165) is 6.54 Å². The first-order valence-electron chi connectivity index (χ1n) is 4.70. The maximum atomic E-state index is 9.68. The first-order valence-corrected chi connectivity index (χ1v) is 4.70. The van der Waals surface area contributed by atoms with E-state index in [1.54, 1.807) is 18.0 Å². The number of nitrogens with zero attached hydrogens (tertiary/aromatic N) is 3. The van der Waals surface area contributed by atoms with Crippen LogP contribution in [0.5, 0.6) is 0 Å². The van der Waals surface area contributed by atoms with E-state index in [2.05, 4.69) is 24.2 Å². The SMILES string of the molecule is COC[C@@H](O)c1cnnn1CC(C)C. The molecule has 1 aromatic rings. The lowest BCUT2D eigenvalue weighted by molar-refractivity contribution is 0.0581. The summed E-state index contributed by atoms with van der Waals surface area (Å²) in [7, 11) is 1.56. The molecular formula is C9H17N3O2. The highest BCUT2D eigenvalue weighted by molar-refractivity contribution is 4.98. The maximum Gasteiger partial charge on any atom is 0.120 e. The molecule has 80 valence electrons. The number of aromatic nitrogens is 3. The van der Waals surface area contributed by atoms with Crippen LogP contribution in [-0.4, -0.2) is 33.8 Å². The van der Waals surface area contributed by atoms with Gasteiger partial charge in [0.15, 0.2) is 0 Å². The third-order valence-corrected chi connectivity index (χ3v) is 1.85. The Labute approximate surface area is 83.7 Å². The number of aliphatic hydroxyl groups excluding tert-OH is 1. The summed E-state index contributed by atoms with van der Waals surface area (Å²) in [5.41, 5.74) is 0.709. The molecule has 1 N–H and O–H groups in total. The van der Waals surface area contributed by atoms with Gasteiger partial charge in [-0.3, -0.25) is 0 Å². The largest absolute Gasteiger partial charge is 0.384 e. The second kappa shape index (κ2) is 5.07. The maximum absolute atomic E-state index is 9.68. The molecule has 0 aromatic carbocycles. The lowest BCUT2D eigenvalue weighted by Gasteiger charge is -2.12. The van der Waals surface area contributed by atoms with Crippen LogP contribution < -0.4 is 0 Å². The van der Waals surface area contributed by atoms with Gasteiger partial charge in [-0.2, -0.15) is 0 Å². The fourth-order valence-electron chi connectivity index (χ4n) is 1.25. The highest BCUT2D eigenvalue weighted by atomic mass is 16.5. The van der Waals surface area contributed by atoms with Gasteiger partial charge in [-0.05, 0) is 5.92 Å². The molecule has 1 heterocycles. The minimum atomic E-state index is -0.645. The zero-order valence-electron chi connectivity index (χ0n) is 8.84. The molecular weight excluding hydrogens is 182 g/mol. The molecule has 0 saturated carbocycles. The first-order chi connectivity index (χ1) is 6.65. The van der Waals surface area contributed by atoms with E-state index in [9.17, 15) is 5.11 Å². The fraction of sp³-hybridized carbons (Fsp3) is 0.778. The lowest BCUT2D eigenvalue weighted by Crippen LogP contribution is -2.15. The second-order valence-corrected chi connectivity index (χ2v) is 3.71. The van der Waals surface area contributed by atoms with Crippen LogP contribution in [0.3, 0.4) is 0 Å². The number of hydrogen-bond acceptors (Lipinski definition) is 4. The van der Waals surface area contributed by atoms with Gasteiger partial charge in [0.1, 0.15) is 6.10 Å². The van der Waals surface area contributed by atoms with Gasteiger partial charge in [0, 0.05) is 13.7 Å². The van der Waals surface area contributed by atoms with Crippen molar-refractivity contribution in [3.8, 4) is 0 Å². The molecule has 1 aromatic heterocycles. The molecule has 1 rings (SSSR count). The molecule has 0 unspecified atom stereocenters. The van der Waals surface area contributed by atoms with Gasteiger partial charge in [-0.25, -0.2) is 4.68 Å². The summed E-state index contributed by atoms with van der Waals surface area (Å²) >= 11 is 0. The molecule has 0 bridgehead atoms. The van der Waals surface area contributed by atoms with Crippen molar-refractivity contribution >= 4 is 0 Å². The van der Waals surface area contributed by atoms with Crippen LogP contribution in [0.2, 0.25) is 0 Å². The third-order valence-electron chi connectivity index (χ3n) is 1.85. The molecule has 5 heteroatoms. The zero-order chi connectivity index (χ0) is 10.6. The van der Waals surface area contributed by atoms with Gasteiger partial charge in [0.05, 0.1) is 18.5 Å². The van der Waals surface area contributed by atoms with Crippen molar-refractivity contribution < 1.29 is 9.84 Å². The molecule has 0 aliphatic heterocycles. The summed E-state index contributed by atoms with van der Waals surface area (Å²) in [4.78, 5) is 0. The van der Waals surface area contributed by atoms with E-state index in [4.69, 9.17) is 4.74 Å². The van der Waals surface area contributed by atoms with Crippen molar-refractivity contribution in [2.24, 2.45) is 5.92 Å². The van der Waals surface area contributed by atoms with Crippen molar-refractivity contribution in [1.82, 2.24) is 15.0 Å². The topological polar surface area (TPSA) is 60.2 Å². The Kier molecular flexibility index (Phi) is 4.03. The molecule has 0 saturated heterocycles. The lowest BCUT2D eigenvalue weighted by atomic mass is 10.2.